The van der Waals surface area contributed by atoms with Crippen LogP contribution in [0.3, 0.4) is 0 Å². The van der Waals surface area contributed by atoms with Crippen LogP contribution in [0.1, 0.15) is 11.1 Å². The van der Waals surface area contributed by atoms with Gasteiger partial charge in [-0.15, -0.1) is 0 Å². The maximum Gasteiger partial charge on any atom is 0.258 e. The molecule has 0 unspecified atom stereocenters. The number of nitrogens with zero attached hydrogens (tertiary/aromatic N) is 1. The molecule has 0 bridgehead atoms. The number of benzene rings is 2. The number of ether oxygens (including phenoxy) is 2. The Hall–Kier alpha value is -3.34. The van der Waals surface area contributed by atoms with E-state index in [1.807, 2.05) is 72.8 Å². The third kappa shape index (κ3) is 5.34. The molecule has 132 valence electrons. The first-order valence-corrected chi connectivity index (χ1v) is 8.36. The zero-order valence-electron chi connectivity index (χ0n) is 14.3. The predicted molar refractivity (Wildman–Crippen MR) is 98.8 cm³/mol. The Morgan fingerprint density at radius 3 is 2.38 bits per heavy atom. The standard InChI is InChI=1S/C21H20N2O3/c24-20(16-25-19-11-5-2-6-12-19)23-14-18-10-7-13-22-21(18)26-15-17-8-3-1-4-9-17/h1-13H,14-16H2,(H,23,24). The molecule has 0 saturated heterocycles. The van der Waals surface area contributed by atoms with E-state index >= 15 is 0 Å². The number of carbonyl (C=O) groups is 1. The van der Waals surface area contributed by atoms with Gasteiger partial charge in [0.15, 0.2) is 6.61 Å². The van der Waals surface area contributed by atoms with Gasteiger partial charge in [0.2, 0.25) is 5.88 Å². The summed E-state index contributed by atoms with van der Waals surface area (Å²) < 4.78 is 11.2. The molecule has 0 saturated carbocycles. The molecule has 26 heavy (non-hydrogen) atoms. The highest BCUT2D eigenvalue weighted by Gasteiger charge is 2.08. The van der Waals surface area contributed by atoms with E-state index in [4.69, 9.17) is 9.47 Å². The lowest BCUT2D eigenvalue weighted by molar-refractivity contribution is -0.123. The van der Waals surface area contributed by atoms with Crippen LogP contribution < -0.4 is 14.8 Å². The summed E-state index contributed by atoms with van der Waals surface area (Å²) in [6.45, 7) is 0.718. The van der Waals surface area contributed by atoms with Gasteiger partial charge < -0.3 is 14.8 Å². The summed E-state index contributed by atoms with van der Waals surface area (Å²) in [5.74, 6) is 0.975. The molecule has 0 spiro atoms. The smallest absolute Gasteiger partial charge is 0.258 e. The molecule has 0 aliphatic heterocycles. The van der Waals surface area contributed by atoms with Crippen LogP contribution in [-0.4, -0.2) is 17.5 Å². The summed E-state index contributed by atoms with van der Waals surface area (Å²) in [5.41, 5.74) is 1.88. The van der Waals surface area contributed by atoms with E-state index in [-0.39, 0.29) is 12.5 Å². The number of aromatic nitrogens is 1. The van der Waals surface area contributed by atoms with Gasteiger partial charge in [-0.2, -0.15) is 0 Å². The highest BCUT2D eigenvalue weighted by molar-refractivity contribution is 5.77. The number of hydrogen-bond donors (Lipinski definition) is 1. The Morgan fingerprint density at radius 1 is 0.885 bits per heavy atom. The normalized spacial score (nSPS) is 10.2. The summed E-state index contributed by atoms with van der Waals surface area (Å²) in [4.78, 5) is 16.2. The molecule has 1 heterocycles. The number of hydrogen-bond acceptors (Lipinski definition) is 4. The van der Waals surface area contributed by atoms with Gasteiger partial charge in [0, 0.05) is 18.3 Å². The van der Waals surface area contributed by atoms with E-state index in [0.29, 0.717) is 24.8 Å². The maximum absolute atomic E-state index is 12.0. The molecular formula is C21H20N2O3. The van der Waals surface area contributed by atoms with Crippen LogP contribution in [0.25, 0.3) is 0 Å². The lowest BCUT2D eigenvalue weighted by Gasteiger charge is -2.11. The molecule has 3 rings (SSSR count). The number of amides is 1. The Balaban J connectivity index is 1.50. The quantitative estimate of drug-likeness (QED) is 0.678. The summed E-state index contributed by atoms with van der Waals surface area (Å²) in [5, 5.41) is 2.82. The molecule has 3 aromatic rings. The molecule has 0 fully saturated rings. The molecule has 0 atom stereocenters. The van der Waals surface area contributed by atoms with E-state index < -0.39 is 0 Å². The van der Waals surface area contributed by atoms with Crippen LogP contribution in [0.15, 0.2) is 79.0 Å². The van der Waals surface area contributed by atoms with E-state index in [2.05, 4.69) is 10.3 Å². The lowest BCUT2D eigenvalue weighted by atomic mass is 10.2. The van der Waals surface area contributed by atoms with Crippen LogP contribution in [0, 0.1) is 0 Å². The molecule has 0 radical (unpaired) electrons. The SMILES string of the molecule is O=C(COc1ccccc1)NCc1cccnc1OCc1ccccc1. The monoisotopic (exact) mass is 348 g/mol. The van der Waals surface area contributed by atoms with Gasteiger partial charge in [-0.3, -0.25) is 4.79 Å². The highest BCUT2D eigenvalue weighted by atomic mass is 16.5. The van der Waals surface area contributed by atoms with Crippen molar-refractivity contribution in [1.29, 1.82) is 0 Å². The van der Waals surface area contributed by atoms with Gasteiger partial charge in [-0.25, -0.2) is 4.98 Å². The summed E-state index contributed by atoms with van der Waals surface area (Å²) in [7, 11) is 0. The predicted octanol–water partition coefficient (Wildman–Crippen LogP) is 3.36. The van der Waals surface area contributed by atoms with E-state index in [1.54, 1.807) is 6.20 Å². The van der Waals surface area contributed by atoms with Crippen molar-refractivity contribution in [3.8, 4) is 11.6 Å². The summed E-state index contributed by atoms with van der Waals surface area (Å²) >= 11 is 0. The lowest BCUT2D eigenvalue weighted by Crippen LogP contribution is -2.28. The van der Waals surface area contributed by atoms with Gasteiger partial charge >= 0.3 is 0 Å². The number of rotatable bonds is 8. The minimum atomic E-state index is -0.202. The molecule has 1 aromatic heterocycles. The van der Waals surface area contributed by atoms with Crippen LogP contribution in [-0.2, 0) is 17.9 Å². The second-order valence-corrected chi connectivity index (χ2v) is 5.62. The first-order valence-electron chi connectivity index (χ1n) is 8.36. The van der Waals surface area contributed by atoms with Crippen molar-refractivity contribution < 1.29 is 14.3 Å². The van der Waals surface area contributed by atoms with Crippen molar-refractivity contribution in [2.24, 2.45) is 0 Å². The van der Waals surface area contributed by atoms with Crippen molar-refractivity contribution in [2.45, 2.75) is 13.2 Å². The third-order valence-electron chi connectivity index (χ3n) is 3.66. The number of nitrogens with one attached hydrogen (secondary N) is 1. The summed E-state index contributed by atoms with van der Waals surface area (Å²) in [6, 6.07) is 22.8. The minimum Gasteiger partial charge on any atom is -0.484 e. The Bertz CT molecular complexity index is 823. The first kappa shape index (κ1) is 17.5. The number of pyridine rings is 1. The first-order chi connectivity index (χ1) is 12.8. The van der Waals surface area contributed by atoms with Crippen molar-refractivity contribution in [2.75, 3.05) is 6.61 Å². The topological polar surface area (TPSA) is 60.5 Å². The fraction of sp³-hybridized carbons (Fsp3) is 0.143. The zero-order chi connectivity index (χ0) is 18.0. The number of carbonyl (C=O) groups excluding carboxylic acids is 1. The average molecular weight is 348 g/mol. The minimum absolute atomic E-state index is 0.0372. The van der Waals surface area contributed by atoms with Crippen molar-refractivity contribution in [3.05, 3.63) is 90.1 Å². The average Bonchev–Trinajstić information content (AvgIpc) is 2.71. The van der Waals surface area contributed by atoms with E-state index in [1.165, 1.54) is 0 Å². The van der Waals surface area contributed by atoms with Crippen molar-refractivity contribution in [1.82, 2.24) is 10.3 Å². The molecule has 0 aliphatic carbocycles. The molecule has 1 N–H and O–H groups in total. The van der Waals surface area contributed by atoms with Crippen molar-refractivity contribution in [3.63, 3.8) is 0 Å². The molecule has 0 aliphatic rings. The van der Waals surface area contributed by atoms with Gasteiger partial charge in [0.25, 0.3) is 5.91 Å². The fourth-order valence-corrected chi connectivity index (χ4v) is 2.32. The van der Waals surface area contributed by atoms with Crippen LogP contribution in [0.2, 0.25) is 0 Å². The summed E-state index contributed by atoms with van der Waals surface area (Å²) in [6.07, 6.45) is 1.67. The molecule has 1 amide bonds. The van der Waals surface area contributed by atoms with Gasteiger partial charge in [0.1, 0.15) is 12.4 Å². The van der Waals surface area contributed by atoms with E-state index in [0.717, 1.165) is 11.1 Å². The second kappa shape index (κ2) is 9.22. The Kier molecular flexibility index (Phi) is 6.20. The molecular weight excluding hydrogens is 328 g/mol. The zero-order valence-corrected chi connectivity index (χ0v) is 14.3. The molecule has 2 aromatic carbocycles. The molecule has 5 heteroatoms. The van der Waals surface area contributed by atoms with Gasteiger partial charge in [0.05, 0.1) is 0 Å². The maximum atomic E-state index is 12.0. The van der Waals surface area contributed by atoms with E-state index in [9.17, 15) is 4.79 Å². The molecule has 5 nitrogen and oxygen atoms in total. The van der Waals surface area contributed by atoms with Crippen LogP contribution >= 0.6 is 0 Å². The fourth-order valence-electron chi connectivity index (χ4n) is 2.32. The van der Waals surface area contributed by atoms with Gasteiger partial charge in [-0.05, 0) is 23.8 Å². The van der Waals surface area contributed by atoms with Crippen molar-refractivity contribution >= 4 is 5.91 Å². The Morgan fingerprint density at radius 2 is 1.62 bits per heavy atom. The van der Waals surface area contributed by atoms with Crippen LogP contribution in [0.4, 0.5) is 0 Å². The second-order valence-electron chi connectivity index (χ2n) is 5.62. The highest BCUT2D eigenvalue weighted by Crippen LogP contribution is 2.16. The Labute approximate surface area is 152 Å². The third-order valence-corrected chi connectivity index (χ3v) is 3.66. The number of para-hydroxylation sites is 1. The van der Waals surface area contributed by atoms with Gasteiger partial charge in [-0.1, -0.05) is 54.6 Å². The van der Waals surface area contributed by atoms with Crippen LogP contribution in [0.5, 0.6) is 11.6 Å². The largest absolute Gasteiger partial charge is 0.484 e.